The Hall–Kier alpha value is -1.26. The van der Waals surface area contributed by atoms with Crippen molar-refractivity contribution in [1.82, 2.24) is 9.55 Å². The lowest BCUT2D eigenvalue weighted by Gasteiger charge is -2.09. The summed E-state index contributed by atoms with van der Waals surface area (Å²) in [5.74, 6) is 2.69. The number of methoxy groups -OCH3 is 1. The van der Waals surface area contributed by atoms with Gasteiger partial charge in [-0.15, -0.1) is 11.6 Å². The predicted octanol–water partition coefficient (Wildman–Crippen LogP) is 3.85. The van der Waals surface area contributed by atoms with Gasteiger partial charge in [-0.1, -0.05) is 13.8 Å². The minimum Gasteiger partial charge on any atom is -0.497 e. The first-order valence-electron chi connectivity index (χ1n) is 7.32. The lowest BCUT2D eigenvalue weighted by atomic mass is 10.2. The number of halogens is 1. The first kappa shape index (κ1) is 16.1. The maximum atomic E-state index is 6.01. The summed E-state index contributed by atoms with van der Waals surface area (Å²) in [6, 6.07) is 5.93. The standard InChI is InChI=1S/C16H23ClN2O2/c1-12(2)11-21-8-4-7-19-15-6-5-13(20-3)9-14(15)18-16(19)10-17/h5-6,9,12H,4,7-8,10-11H2,1-3H3. The van der Waals surface area contributed by atoms with Crippen LogP contribution < -0.4 is 4.74 Å². The van der Waals surface area contributed by atoms with E-state index in [-0.39, 0.29) is 0 Å². The molecule has 0 N–H and O–H groups in total. The summed E-state index contributed by atoms with van der Waals surface area (Å²) in [6.07, 6.45) is 0.952. The first-order valence-corrected chi connectivity index (χ1v) is 7.86. The molecule has 0 aliphatic heterocycles. The Morgan fingerprint density at radius 3 is 2.81 bits per heavy atom. The fraction of sp³-hybridized carbons (Fsp3) is 0.562. The van der Waals surface area contributed by atoms with Crippen LogP contribution in [0, 0.1) is 5.92 Å². The summed E-state index contributed by atoms with van der Waals surface area (Å²) >= 11 is 6.01. The van der Waals surface area contributed by atoms with Gasteiger partial charge in [0.05, 0.1) is 24.0 Å². The maximum Gasteiger partial charge on any atom is 0.124 e. The van der Waals surface area contributed by atoms with E-state index < -0.39 is 0 Å². The summed E-state index contributed by atoms with van der Waals surface area (Å²) in [6.45, 7) is 6.74. The number of rotatable bonds is 8. The molecule has 4 nitrogen and oxygen atoms in total. The topological polar surface area (TPSA) is 36.3 Å². The van der Waals surface area contributed by atoms with Crippen molar-refractivity contribution in [3.63, 3.8) is 0 Å². The maximum absolute atomic E-state index is 6.01. The molecular weight excluding hydrogens is 288 g/mol. The predicted molar refractivity (Wildman–Crippen MR) is 86.1 cm³/mol. The number of aryl methyl sites for hydroxylation is 1. The van der Waals surface area contributed by atoms with Gasteiger partial charge in [-0.25, -0.2) is 4.98 Å². The van der Waals surface area contributed by atoms with E-state index in [0.29, 0.717) is 11.8 Å². The van der Waals surface area contributed by atoms with Crippen LogP contribution in [0.4, 0.5) is 0 Å². The van der Waals surface area contributed by atoms with Crippen LogP contribution in [0.5, 0.6) is 5.75 Å². The van der Waals surface area contributed by atoms with E-state index >= 15 is 0 Å². The largest absolute Gasteiger partial charge is 0.497 e. The smallest absolute Gasteiger partial charge is 0.124 e. The van der Waals surface area contributed by atoms with E-state index in [1.165, 1.54) is 0 Å². The second kappa shape index (κ2) is 7.66. The SMILES string of the molecule is COc1ccc2c(c1)nc(CCl)n2CCCOCC(C)C. The minimum atomic E-state index is 0.407. The van der Waals surface area contributed by atoms with Crippen LogP contribution in [0.3, 0.4) is 0 Å². The van der Waals surface area contributed by atoms with E-state index in [9.17, 15) is 0 Å². The Morgan fingerprint density at radius 1 is 1.33 bits per heavy atom. The van der Waals surface area contributed by atoms with Crippen LogP contribution >= 0.6 is 11.6 Å². The van der Waals surface area contributed by atoms with Gasteiger partial charge < -0.3 is 14.0 Å². The Bertz CT molecular complexity index is 581. The third-order valence-corrected chi connectivity index (χ3v) is 3.51. The molecule has 21 heavy (non-hydrogen) atoms. The highest BCUT2D eigenvalue weighted by Crippen LogP contribution is 2.23. The van der Waals surface area contributed by atoms with Crippen LogP contribution in [-0.2, 0) is 17.2 Å². The molecule has 2 aromatic rings. The lowest BCUT2D eigenvalue weighted by Crippen LogP contribution is -2.08. The molecule has 1 heterocycles. The Balaban J connectivity index is 2.07. The number of hydrogen-bond acceptors (Lipinski definition) is 3. The average Bonchev–Trinajstić information content (AvgIpc) is 2.83. The van der Waals surface area contributed by atoms with Crippen molar-refractivity contribution >= 4 is 22.6 Å². The molecule has 0 amide bonds. The molecule has 1 aromatic heterocycles. The summed E-state index contributed by atoms with van der Waals surface area (Å²) in [5, 5.41) is 0. The number of alkyl halides is 1. The molecule has 5 heteroatoms. The zero-order valence-corrected chi connectivity index (χ0v) is 13.7. The van der Waals surface area contributed by atoms with Crippen LogP contribution in [0.2, 0.25) is 0 Å². The number of aromatic nitrogens is 2. The summed E-state index contributed by atoms with van der Waals surface area (Å²) in [4.78, 5) is 4.58. The quantitative estimate of drug-likeness (QED) is 0.549. The van der Waals surface area contributed by atoms with Crippen LogP contribution in [-0.4, -0.2) is 29.9 Å². The van der Waals surface area contributed by atoms with E-state index in [1.54, 1.807) is 7.11 Å². The van der Waals surface area contributed by atoms with Crippen molar-refractivity contribution < 1.29 is 9.47 Å². The molecule has 0 saturated heterocycles. The van der Waals surface area contributed by atoms with Crippen LogP contribution in [0.15, 0.2) is 18.2 Å². The molecule has 0 spiro atoms. The fourth-order valence-corrected chi connectivity index (χ4v) is 2.49. The third kappa shape index (κ3) is 4.11. The monoisotopic (exact) mass is 310 g/mol. The number of benzene rings is 1. The van der Waals surface area contributed by atoms with Gasteiger partial charge in [0, 0.05) is 25.8 Å². The van der Waals surface area contributed by atoms with Gasteiger partial charge in [0.15, 0.2) is 0 Å². The Kier molecular flexibility index (Phi) is 5.88. The van der Waals surface area contributed by atoms with Gasteiger partial charge >= 0.3 is 0 Å². The first-order chi connectivity index (χ1) is 10.2. The lowest BCUT2D eigenvalue weighted by molar-refractivity contribution is 0.105. The van der Waals surface area contributed by atoms with E-state index in [1.807, 2.05) is 18.2 Å². The third-order valence-electron chi connectivity index (χ3n) is 3.28. The molecule has 0 aliphatic rings. The second-order valence-corrected chi connectivity index (χ2v) is 5.76. The van der Waals surface area contributed by atoms with Crippen LogP contribution in [0.25, 0.3) is 11.0 Å². The van der Waals surface area contributed by atoms with Crippen molar-refractivity contribution in [1.29, 1.82) is 0 Å². The summed E-state index contributed by atoms with van der Waals surface area (Å²) in [5.41, 5.74) is 2.02. The van der Waals surface area contributed by atoms with Crippen molar-refractivity contribution in [2.24, 2.45) is 5.92 Å². The molecule has 0 aliphatic carbocycles. The van der Waals surface area contributed by atoms with Gasteiger partial charge in [0.1, 0.15) is 11.6 Å². The van der Waals surface area contributed by atoms with E-state index in [2.05, 4.69) is 23.4 Å². The number of imidazole rings is 1. The Labute approximate surface area is 131 Å². The molecule has 0 unspecified atom stereocenters. The molecule has 2 rings (SSSR count). The highest BCUT2D eigenvalue weighted by molar-refractivity contribution is 6.16. The molecule has 0 atom stereocenters. The zero-order chi connectivity index (χ0) is 15.2. The fourth-order valence-electron chi connectivity index (χ4n) is 2.28. The summed E-state index contributed by atoms with van der Waals surface area (Å²) in [7, 11) is 1.66. The minimum absolute atomic E-state index is 0.407. The highest BCUT2D eigenvalue weighted by Gasteiger charge is 2.10. The van der Waals surface area contributed by atoms with Gasteiger partial charge in [-0.3, -0.25) is 0 Å². The normalized spacial score (nSPS) is 11.5. The number of fused-ring (bicyclic) bond motifs is 1. The zero-order valence-electron chi connectivity index (χ0n) is 12.9. The number of hydrogen-bond donors (Lipinski definition) is 0. The Morgan fingerprint density at radius 2 is 2.14 bits per heavy atom. The molecular formula is C16H23ClN2O2. The van der Waals surface area contributed by atoms with Crippen molar-refractivity contribution in [2.45, 2.75) is 32.7 Å². The second-order valence-electron chi connectivity index (χ2n) is 5.49. The van der Waals surface area contributed by atoms with E-state index in [0.717, 1.165) is 48.8 Å². The van der Waals surface area contributed by atoms with Gasteiger partial charge in [0.25, 0.3) is 0 Å². The van der Waals surface area contributed by atoms with Gasteiger partial charge in [-0.2, -0.15) is 0 Å². The van der Waals surface area contributed by atoms with Crippen LogP contribution in [0.1, 0.15) is 26.1 Å². The van der Waals surface area contributed by atoms with Gasteiger partial charge in [0.2, 0.25) is 0 Å². The van der Waals surface area contributed by atoms with Gasteiger partial charge in [-0.05, 0) is 24.5 Å². The number of ether oxygens (including phenoxy) is 2. The van der Waals surface area contributed by atoms with Crippen molar-refractivity contribution in [3.8, 4) is 5.75 Å². The summed E-state index contributed by atoms with van der Waals surface area (Å²) < 4.78 is 13.0. The average molecular weight is 311 g/mol. The van der Waals surface area contributed by atoms with E-state index in [4.69, 9.17) is 21.1 Å². The van der Waals surface area contributed by atoms with Crippen molar-refractivity contribution in [2.75, 3.05) is 20.3 Å². The highest BCUT2D eigenvalue weighted by atomic mass is 35.5. The number of nitrogens with zero attached hydrogens (tertiary/aromatic N) is 2. The molecule has 0 fully saturated rings. The molecule has 1 aromatic carbocycles. The molecule has 0 bridgehead atoms. The molecule has 0 radical (unpaired) electrons. The molecule has 116 valence electrons. The molecule has 0 saturated carbocycles. The van der Waals surface area contributed by atoms with Crippen molar-refractivity contribution in [3.05, 3.63) is 24.0 Å².